The minimum absolute atomic E-state index is 0.892. The molecule has 2 nitrogen and oxygen atoms in total. The van der Waals surface area contributed by atoms with E-state index in [-0.39, 0.29) is 0 Å². The van der Waals surface area contributed by atoms with E-state index in [4.69, 9.17) is 0 Å². The first-order valence-corrected chi connectivity index (χ1v) is 6.91. The number of nitrogens with zero attached hydrogens (tertiary/aromatic N) is 1. The molecule has 0 amide bonds. The predicted molar refractivity (Wildman–Crippen MR) is 65.2 cm³/mol. The Hall–Kier alpha value is -0.0800. The maximum absolute atomic E-state index is 3.59. The average Bonchev–Trinajstić information content (AvgIpc) is 3.03. The topological polar surface area (TPSA) is 15.3 Å². The normalized spacial score (nSPS) is 24.0. The second-order valence-corrected chi connectivity index (χ2v) is 5.19. The molecule has 0 unspecified atom stereocenters. The zero-order valence-corrected chi connectivity index (χ0v) is 10.0. The lowest BCUT2D eigenvalue weighted by Gasteiger charge is -2.19. The molecule has 2 fully saturated rings. The van der Waals surface area contributed by atoms with Crippen LogP contribution in [0.1, 0.15) is 51.4 Å². The van der Waals surface area contributed by atoms with E-state index in [1.807, 2.05) is 0 Å². The molecular formula is C13H26N2. The van der Waals surface area contributed by atoms with Gasteiger partial charge in [-0.2, -0.15) is 0 Å². The van der Waals surface area contributed by atoms with Crippen LogP contribution in [0.2, 0.25) is 0 Å². The first-order valence-electron chi connectivity index (χ1n) is 6.91. The average molecular weight is 210 g/mol. The van der Waals surface area contributed by atoms with E-state index in [1.54, 1.807) is 0 Å². The SMILES string of the molecule is C1CCCN(CCCCNC2CC2)CC1. The van der Waals surface area contributed by atoms with Gasteiger partial charge in [0.05, 0.1) is 0 Å². The maximum Gasteiger partial charge on any atom is 0.00682 e. The lowest BCUT2D eigenvalue weighted by molar-refractivity contribution is 0.278. The molecule has 1 aliphatic carbocycles. The first-order chi connectivity index (χ1) is 7.45. The van der Waals surface area contributed by atoms with E-state index in [1.165, 1.54) is 77.5 Å². The van der Waals surface area contributed by atoms with Crippen LogP contribution >= 0.6 is 0 Å². The molecule has 0 radical (unpaired) electrons. The number of hydrogen-bond acceptors (Lipinski definition) is 2. The fraction of sp³-hybridized carbons (Fsp3) is 1.00. The summed E-state index contributed by atoms with van der Waals surface area (Å²) in [4.78, 5) is 2.67. The van der Waals surface area contributed by atoms with Crippen molar-refractivity contribution in [2.45, 2.75) is 57.4 Å². The standard InChI is InChI=1S/C13H26N2/c1-2-5-11-15(10-4-1)12-6-3-9-14-13-7-8-13/h13-14H,1-12H2. The van der Waals surface area contributed by atoms with Crippen LogP contribution in [-0.4, -0.2) is 37.1 Å². The van der Waals surface area contributed by atoms with Gasteiger partial charge in [-0.1, -0.05) is 12.8 Å². The van der Waals surface area contributed by atoms with Gasteiger partial charge >= 0.3 is 0 Å². The van der Waals surface area contributed by atoms with Crippen LogP contribution in [0.25, 0.3) is 0 Å². The molecule has 0 aromatic rings. The Balaban J connectivity index is 1.44. The Kier molecular flexibility index (Phi) is 4.94. The van der Waals surface area contributed by atoms with Gasteiger partial charge in [0.25, 0.3) is 0 Å². The molecule has 0 atom stereocenters. The van der Waals surface area contributed by atoms with E-state index < -0.39 is 0 Å². The van der Waals surface area contributed by atoms with E-state index in [0.717, 1.165) is 6.04 Å². The summed E-state index contributed by atoms with van der Waals surface area (Å²) in [6.07, 6.45) is 11.4. The highest BCUT2D eigenvalue weighted by molar-refractivity contribution is 4.80. The van der Waals surface area contributed by atoms with Crippen molar-refractivity contribution in [3.8, 4) is 0 Å². The highest BCUT2D eigenvalue weighted by Crippen LogP contribution is 2.18. The van der Waals surface area contributed by atoms with E-state index in [2.05, 4.69) is 10.2 Å². The molecule has 1 aliphatic heterocycles. The minimum atomic E-state index is 0.892. The van der Waals surface area contributed by atoms with Crippen molar-refractivity contribution < 1.29 is 0 Å². The predicted octanol–water partition coefficient (Wildman–Crippen LogP) is 2.39. The second-order valence-electron chi connectivity index (χ2n) is 5.19. The molecule has 0 aromatic heterocycles. The van der Waals surface area contributed by atoms with E-state index >= 15 is 0 Å². The zero-order valence-electron chi connectivity index (χ0n) is 10.0. The number of unbranched alkanes of at least 4 members (excludes halogenated alkanes) is 1. The molecule has 1 heterocycles. The van der Waals surface area contributed by atoms with Gasteiger partial charge in [0, 0.05) is 6.04 Å². The van der Waals surface area contributed by atoms with Crippen molar-refractivity contribution in [3.63, 3.8) is 0 Å². The third-order valence-corrected chi connectivity index (χ3v) is 3.61. The van der Waals surface area contributed by atoms with Crippen LogP contribution in [0, 0.1) is 0 Å². The van der Waals surface area contributed by atoms with Crippen molar-refractivity contribution in [3.05, 3.63) is 0 Å². The van der Waals surface area contributed by atoms with Crippen molar-refractivity contribution in [2.75, 3.05) is 26.2 Å². The molecule has 1 saturated carbocycles. The lowest BCUT2D eigenvalue weighted by Crippen LogP contribution is -2.26. The molecule has 0 aromatic carbocycles. The second kappa shape index (κ2) is 6.49. The smallest absolute Gasteiger partial charge is 0.00682 e. The van der Waals surface area contributed by atoms with Gasteiger partial charge in [0.2, 0.25) is 0 Å². The Morgan fingerprint density at radius 1 is 0.933 bits per heavy atom. The molecule has 1 N–H and O–H groups in total. The van der Waals surface area contributed by atoms with Crippen LogP contribution in [0.4, 0.5) is 0 Å². The third-order valence-electron chi connectivity index (χ3n) is 3.61. The van der Waals surface area contributed by atoms with Crippen LogP contribution in [0.5, 0.6) is 0 Å². The van der Waals surface area contributed by atoms with Gasteiger partial charge in [0.15, 0.2) is 0 Å². The van der Waals surface area contributed by atoms with Gasteiger partial charge in [0.1, 0.15) is 0 Å². The molecular weight excluding hydrogens is 184 g/mol. The van der Waals surface area contributed by atoms with Crippen LogP contribution in [-0.2, 0) is 0 Å². The summed E-state index contributed by atoms with van der Waals surface area (Å²) in [6, 6.07) is 0.892. The Labute approximate surface area is 94.4 Å². The van der Waals surface area contributed by atoms with Crippen molar-refractivity contribution in [1.82, 2.24) is 10.2 Å². The minimum Gasteiger partial charge on any atom is -0.314 e. The summed E-state index contributed by atoms with van der Waals surface area (Å²) >= 11 is 0. The molecule has 1 saturated heterocycles. The van der Waals surface area contributed by atoms with Crippen molar-refractivity contribution in [2.24, 2.45) is 0 Å². The Bertz CT molecular complexity index is 158. The summed E-state index contributed by atoms with van der Waals surface area (Å²) in [6.45, 7) is 5.30. The number of likely N-dealkylation sites (tertiary alicyclic amines) is 1. The fourth-order valence-electron chi connectivity index (χ4n) is 2.41. The van der Waals surface area contributed by atoms with Gasteiger partial charge in [-0.3, -0.25) is 0 Å². The Morgan fingerprint density at radius 2 is 1.67 bits per heavy atom. The molecule has 88 valence electrons. The van der Waals surface area contributed by atoms with Gasteiger partial charge < -0.3 is 10.2 Å². The van der Waals surface area contributed by atoms with Crippen molar-refractivity contribution >= 4 is 0 Å². The van der Waals surface area contributed by atoms with Crippen LogP contribution < -0.4 is 5.32 Å². The fourth-order valence-corrected chi connectivity index (χ4v) is 2.41. The lowest BCUT2D eigenvalue weighted by atomic mass is 10.2. The van der Waals surface area contributed by atoms with Gasteiger partial charge in [-0.25, -0.2) is 0 Å². The number of hydrogen-bond donors (Lipinski definition) is 1. The molecule has 0 bridgehead atoms. The highest BCUT2D eigenvalue weighted by Gasteiger charge is 2.19. The maximum atomic E-state index is 3.59. The molecule has 2 rings (SSSR count). The Morgan fingerprint density at radius 3 is 2.33 bits per heavy atom. The first kappa shape index (κ1) is 11.4. The summed E-state index contributed by atoms with van der Waals surface area (Å²) < 4.78 is 0. The summed E-state index contributed by atoms with van der Waals surface area (Å²) in [5, 5.41) is 3.59. The van der Waals surface area contributed by atoms with Gasteiger partial charge in [-0.15, -0.1) is 0 Å². The number of nitrogens with one attached hydrogen (secondary N) is 1. The van der Waals surface area contributed by atoms with Crippen LogP contribution in [0.15, 0.2) is 0 Å². The monoisotopic (exact) mass is 210 g/mol. The van der Waals surface area contributed by atoms with E-state index in [0.29, 0.717) is 0 Å². The van der Waals surface area contributed by atoms with Crippen molar-refractivity contribution in [1.29, 1.82) is 0 Å². The summed E-state index contributed by atoms with van der Waals surface area (Å²) in [5.41, 5.74) is 0. The molecule has 0 spiro atoms. The molecule has 2 heteroatoms. The van der Waals surface area contributed by atoms with E-state index in [9.17, 15) is 0 Å². The van der Waals surface area contributed by atoms with Crippen LogP contribution in [0.3, 0.4) is 0 Å². The quantitative estimate of drug-likeness (QED) is 0.677. The summed E-state index contributed by atoms with van der Waals surface area (Å²) in [7, 11) is 0. The zero-order chi connectivity index (χ0) is 10.3. The number of rotatable bonds is 6. The largest absolute Gasteiger partial charge is 0.314 e. The highest BCUT2D eigenvalue weighted by atomic mass is 15.1. The summed E-state index contributed by atoms with van der Waals surface area (Å²) in [5.74, 6) is 0. The van der Waals surface area contributed by atoms with Gasteiger partial charge in [-0.05, 0) is 64.7 Å². The molecule has 15 heavy (non-hydrogen) atoms. The molecule has 2 aliphatic rings. The third kappa shape index (κ3) is 4.98.